The number of ether oxygens (including phenoxy) is 1. The first kappa shape index (κ1) is 12.3. The van der Waals surface area contributed by atoms with E-state index in [1.807, 2.05) is 6.92 Å². The molecule has 2 atom stereocenters. The minimum absolute atomic E-state index is 0.0101. The molecular formula is C11H17NO2S. The molecule has 1 rings (SSSR count). The van der Waals surface area contributed by atoms with Gasteiger partial charge in [-0.3, -0.25) is 4.79 Å². The molecule has 1 aliphatic carbocycles. The molecule has 0 saturated heterocycles. The normalized spacial score (nSPS) is 26.2. The molecule has 1 saturated carbocycles. The number of rotatable bonds is 3. The van der Waals surface area contributed by atoms with E-state index >= 15 is 0 Å². The number of esters is 1. The van der Waals surface area contributed by atoms with Crippen LogP contribution in [0.15, 0.2) is 4.99 Å². The van der Waals surface area contributed by atoms with Crippen molar-refractivity contribution in [3.63, 3.8) is 0 Å². The van der Waals surface area contributed by atoms with Crippen molar-refractivity contribution in [2.24, 2.45) is 10.9 Å². The lowest BCUT2D eigenvalue weighted by atomic mass is 9.95. The SMILES string of the molecule is CCOC(=O)[C@H]1CCCCC[C@H]1N=C=S. The predicted octanol–water partition coefficient (Wildman–Crippen LogP) is 2.60. The van der Waals surface area contributed by atoms with Gasteiger partial charge in [-0.2, -0.15) is 0 Å². The molecule has 0 amide bonds. The van der Waals surface area contributed by atoms with Crippen LogP contribution in [0, 0.1) is 5.92 Å². The number of nitrogens with zero attached hydrogens (tertiary/aromatic N) is 1. The molecule has 0 spiro atoms. The molecule has 0 heterocycles. The molecule has 0 aromatic carbocycles. The van der Waals surface area contributed by atoms with Crippen LogP contribution in [0.4, 0.5) is 0 Å². The van der Waals surface area contributed by atoms with E-state index in [9.17, 15) is 4.79 Å². The zero-order valence-corrected chi connectivity index (χ0v) is 9.89. The van der Waals surface area contributed by atoms with Gasteiger partial charge in [0.05, 0.1) is 23.7 Å². The molecule has 0 bridgehead atoms. The summed E-state index contributed by atoms with van der Waals surface area (Å²) in [5.74, 6) is -0.235. The second kappa shape index (κ2) is 6.70. The van der Waals surface area contributed by atoms with Crippen molar-refractivity contribution in [1.82, 2.24) is 0 Å². The number of hydrogen-bond donors (Lipinski definition) is 0. The van der Waals surface area contributed by atoms with Crippen molar-refractivity contribution in [2.45, 2.75) is 45.1 Å². The third-order valence-corrected chi connectivity index (χ3v) is 2.89. The Morgan fingerprint density at radius 1 is 1.47 bits per heavy atom. The molecule has 0 unspecified atom stereocenters. The Morgan fingerprint density at radius 2 is 2.20 bits per heavy atom. The molecule has 0 aromatic heterocycles. The fourth-order valence-electron chi connectivity index (χ4n) is 2.03. The first-order valence-electron chi connectivity index (χ1n) is 5.53. The van der Waals surface area contributed by atoms with Crippen LogP contribution in [-0.4, -0.2) is 23.8 Å². The quantitative estimate of drug-likeness (QED) is 0.322. The van der Waals surface area contributed by atoms with Crippen LogP contribution in [0.3, 0.4) is 0 Å². The van der Waals surface area contributed by atoms with E-state index in [4.69, 9.17) is 4.74 Å². The number of aliphatic imine (C=N–C) groups is 1. The van der Waals surface area contributed by atoms with Gasteiger partial charge in [-0.1, -0.05) is 19.3 Å². The second-order valence-corrected chi connectivity index (χ2v) is 3.97. The van der Waals surface area contributed by atoms with Crippen LogP contribution in [0.25, 0.3) is 0 Å². The summed E-state index contributed by atoms with van der Waals surface area (Å²) in [6.45, 7) is 2.26. The van der Waals surface area contributed by atoms with Crippen molar-refractivity contribution in [3.05, 3.63) is 0 Å². The zero-order chi connectivity index (χ0) is 11.1. The number of hydrogen-bond acceptors (Lipinski definition) is 4. The van der Waals surface area contributed by atoms with Crippen molar-refractivity contribution in [1.29, 1.82) is 0 Å². The van der Waals surface area contributed by atoms with E-state index in [2.05, 4.69) is 22.4 Å². The van der Waals surface area contributed by atoms with Gasteiger partial charge < -0.3 is 4.74 Å². The van der Waals surface area contributed by atoms with Gasteiger partial charge in [0.1, 0.15) is 0 Å². The molecule has 1 fully saturated rings. The fourth-order valence-corrected chi connectivity index (χ4v) is 2.17. The van der Waals surface area contributed by atoms with Gasteiger partial charge in [-0.15, -0.1) is 0 Å². The van der Waals surface area contributed by atoms with E-state index in [1.54, 1.807) is 0 Å². The molecule has 84 valence electrons. The van der Waals surface area contributed by atoms with E-state index in [-0.39, 0.29) is 17.9 Å². The minimum Gasteiger partial charge on any atom is -0.466 e. The lowest BCUT2D eigenvalue weighted by Gasteiger charge is -2.18. The Bertz CT molecular complexity index is 261. The molecule has 0 aliphatic heterocycles. The molecule has 1 aliphatic rings. The van der Waals surface area contributed by atoms with Crippen molar-refractivity contribution in [3.8, 4) is 0 Å². The van der Waals surface area contributed by atoms with Gasteiger partial charge in [-0.05, 0) is 32.0 Å². The first-order valence-corrected chi connectivity index (χ1v) is 5.94. The second-order valence-electron chi connectivity index (χ2n) is 3.78. The Balaban J connectivity index is 2.69. The molecular weight excluding hydrogens is 210 g/mol. The number of carbonyl (C=O) groups excluding carboxylic acids is 1. The minimum atomic E-state index is -0.126. The smallest absolute Gasteiger partial charge is 0.311 e. The van der Waals surface area contributed by atoms with Gasteiger partial charge in [0.25, 0.3) is 0 Å². The highest BCUT2D eigenvalue weighted by atomic mass is 32.1. The average molecular weight is 227 g/mol. The number of isothiocyanates is 1. The Morgan fingerprint density at radius 3 is 2.87 bits per heavy atom. The summed E-state index contributed by atoms with van der Waals surface area (Å²) in [6, 6.07) is -0.0101. The molecule has 4 heteroatoms. The first-order chi connectivity index (χ1) is 7.29. The number of carbonyl (C=O) groups is 1. The maximum Gasteiger partial charge on any atom is 0.311 e. The highest BCUT2D eigenvalue weighted by Crippen LogP contribution is 2.26. The van der Waals surface area contributed by atoms with Gasteiger partial charge in [0, 0.05) is 0 Å². The van der Waals surface area contributed by atoms with Crippen molar-refractivity contribution in [2.75, 3.05) is 6.61 Å². The summed E-state index contributed by atoms with van der Waals surface area (Å²) in [5, 5.41) is 2.39. The highest BCUT2D eigenvalue weighted by molar-refractivity contribution is 7.78. The summed E-state index contributed by atoms with van der Waals surface area (Å²) in [5.41, 5.74) is 0. The zero-order valence-electron chi connectivity index (χ0n) is 9.07. The molecule has 0 radical (unpaired) electrons. The van der Waals surface area contributed by atoms with Gasteiger partial charge >= 0.3 is 5.97 Å². The van der Waals surface area contributed by atoms with Gasteiger partial charge in [0.2, 0.25) is 0 Å². The molecule has 15 heavy (non-hydrogen) atoms. The third kappa shape index (κ3) is 3.73. The Hall–Kier alpha value is -0.730. The van der Waals surface area contributed by atoms with Crippen LogP contribution in [0.1, 0.15) is 39.0 Å². The summed E-state index contributed by atoms with van der Waals surface area (Å²) < 4.78 is 5.05. The molecule has 0 N–H and O–H groups in total. The fraction of sp³-hybridized carbons (Fsp3) is 0.818. The molecule has 0 aromatic rings. The van der Waals surface area contributed by atoms with E-state index in [0.29, 0.717) is 6.61 Å². The maximum absolute atomic E-state index is 11.7. The van der Waals surface area contributed by atoms with E-state index < -0.39 is 0 Å². The maximum atomic E-state index is 11.7. The summed E-state index contributed by atoms with van der Waals surface area (Å²) in [6.07, 6.45) is 5.14. The van der Waals surface area contributed by atoms with Crippen LogP contribution < -0.4 is 0 Å². The van der Waals surface area contributed by atoms with Crippen LogP contribution in [0.5, 0.6) is 0 Å². The highest BCUT2D eigenvalue weighted by Gasteiger charge is 2.30. The summed E-state index contributed by atoms with van der Waals surface area (Å²) in [7, 11) is 0. The predicted molar refractivity (Wildman–Crippen MR) is 62.0 cm³/mol. The average Bonchev–Trinajstić information content (AvgIpc) is 2.44. The monoisotopic (exact) mass is 227 g/mol. The van der Waals surface area contributed by atoms with Crippen LogP contribution in [0.2, 0.25) is 0 Å². The lowest BCUT2D eigenvalue weighted by Crippen LogP contribution is -2.27. The summed E-state index contributed by atoms with van der Waals surface area (Å²) in [4.78, 5) is 15.8. The Kier molecular flexibility index (Phi) is 5.51. The largest absolute Gasteiger partial charge is 0.466 e. The van der Waals surface area contributed by atoms with Crippen molar-refractivity contribution >= 4 is 23.3 Å². The van der Waals surface area contributed by atoms with Gasteiger partial charge in [0.15, 0.2) is 0 Å². The molecule has 3 nitrogen and oxygen atoms in total. The van der Waals surface area contributed by atoms with Crippen LogP contribution >= 0.6 is 12.2 Å². The van der Waals surface area contributed by atoms with E-state index in [1.165, 1.54) is 6.42 Å². The van der Waals surface area contributed by atoms with Crippen LogP contribution in [-0.2, 0) is 9.53 Å². The van der Waals surface area contributed by atoms with Crippen molar-refractivity contribution < 1.29 is 9.53 Å². The summed E-state index contributed by atoms with van der Waals surface area (Å²) >= 11 is 4.61. The lowest BCUT2D eigenvalue weighted by molar-refractivity contribution is -0.148. The number of thiocarbonyl (C=S) groups is 1. The topological polar surface area (TPSA) is 38.7 Å². The van der Waals surface area contributed by atoms with Gasteiger partial charge in [-0.25, -0.2) is 4.99 Å². The Labute approximate surface area is 95.9 Å². The standard InChI is InChI=1S/C11H17NO2S/c1-2-14-11(13)9-6-4-3-5-7-10(9)12-8-15/h9-10H,2-7H2,1H3/t9-,10+/m0/s1. The van der Waals surface area contributed by atoms with E-state index in [0.717, 1.165) is 25.7 Å². The third-order valence-electron chi connectivity index (χ3n) is 2.79.